The average Bonchev–Trinajstić information content (AvgIpc) is 3.17. The number of carbonyl (C=O) groups excluding carboxylic acids is 1. The van der Waals surface area contributed by atoms with Gasteiger partial charge in [0.2, 0.25) is 5.91 Å². The summed E-state index contributed by atoms with van der Waals surface area (Å²) in [7, 11) is 1.67. The Labute approximate surface area is 185 Å². The molecule has 1 N–H and O–H groups in total. The lowest BCUT2D eigenvalue weighted by atomic mass is 9.58. The highest BCUT2D eigenvalue weighted by molar-refractivity contribution is 5.88. The van der Waals surface area contributed by atoms with Crippen LogP contribution in [0.25, 0.3) is 10.9 Å². The molecule has 0 saturated carbocycles. The average molecular weight is 431 g/mol. The van der Waals surface area contributed by atoms with E-state index < -0.39 is 0 Å². The fourth-order valence-electron chi connectivity index (χ4n) is 5.66. The number of nitrogens with one attached hydrogen (secondary N) is 1. The number of nitro benzene ring substituents is 1. The molecule has 164 valence electrons. The Morgan fingerprint density at radius 3 is 2.94 bits per heavy atom. The van der Waals surface area contributed by atoms with E-state index in [0.717, 1.165) is 47.2 Å². The number of H-pyrrole nitrogens is 1. The van der Waals surface area contributed by atoms with Crippen LogP contribution >= 0.6 is 0 Å². The van der Waals surface area contributed by atoms with Gasteiger partial charge < -0.3 is 14.6 Å². The molecule has 2 unspecified atom stereocenters. The molecule has 1 aliphatic carbocycles. The zero-order valence-corrected chi connectivity index (χ0v) is 18.0. The number of hydrogen-bond acceptors (Lipinski definition) is 4. The molecule has 0 radical (unpaired) electrons. The maximum absolute atomic E-state index is 12.4. The first kappa shape index (κ1) is 20.3. The maximum Gasteiger partial charge on any atom is 0.270 e. The van der Waals surface area contributed by atoms with E-state index in [9.17, 15) is 14.9 Å². The summed E-state index contributed by atoms with van der Waals surface area (Å²) in [6, 6.07) is 13.2. The molecule has 1 saturated heterocycles. The van der Waals surface area contributed by atoms with Gasteiger partial charge in [0.1, 0.15) is 5.75 Å². The number of ether oxygens (including phenoxy) is 1. The van der Waals surface area contributed by atoms with Crippen LogP contribution in [0.4, 0.5) is 5.69 Å². The van der Waals surface area contributed by atoms with E-state index in [-0.39, 0.29) is 27.9 Å². The summed E-state index contributed by atoms with van der Waals surface area (Å²) in [5.41, 5.74) is 4.33. The molecule has 2 heterocycles. The van der Waals surface area contributed by atoms with Gasteiger partial charge in [-0.2, -0.15) is 0 Å². The van der Waals surface area contributed by atoms with Crippen molar-refractivity contribution in [2.45, 2.75) is 24.7 Å². The van der Waals surface area contributed by atoms with Gasteiger partial charge in [0.05, 0.1) is 12.0 Å². The summed E-state index contributed by atoms with van der Waals surface area (Å²) in [6.45, 7) is 4.95. The third-order valence-electron chi connectivity index (χ3n) is 7.31. The van der Waals surface area contributed by atoms with Gasteiger partial charge in [0, 0.05) is 47.2 Å². The second kappa shape index (κ2) is 7.51. The third kappa shape index (κ3) is 3.07. The molecule has 32 heavy (non-hydrogen) atoms. The van der Waals surface area contributed by atoms with E-state index in [4.69, 9.17) is 4.74 Å². The number of likely N-dealkylation sites (tertiary alicyclic amines) is 1. The zero-order chi connectivity index (χ0) is 22.5. The topological polar surface area (TPSA) is 88.5 Å². The molecule has 2 atom stereocenters. The standard InChI is InChI=1S/C25H25N3O4/c1-3-24(29)27-10-9-25(16-5-4-6-19(11-16)32-2)14-23-20(12-17(25)15-27)21-13-18(28(30)31)7-8-22(21)26-23/h3-8,11,13,17,26H,1,9-10,12,14-15H2,2H3. The quantitative estimate of drug-likeness (QED) is 0.382. The predicted molar refractivity (Wildman–Crippen MR) is 122 cm³/mol. The summed E-state index contributed by atoms with van der Waals surface area (Å²) in [4.78, 5) is 28.8. The molecule has 1 aliphatic heterocycles. The van der Waals surface area contributed by atoms with E-state index in [0.29, 0.717) is 13.1 Å². The number of benzene rings is 2. The van der Waals surface area contributed by atoms with Crippen molar-refractivity contribution in [3.8, 4) is 5.75 Å². The van der Waals surface area contributed by atoms with Crippen molar-refractivity contribution in [2.24, 2.45) is 5.92 Å². The summed E-state index contributed by atoms with van der Waals surface area (Å²) in [5.74, 6) is 0.945. The fraction of sp³-hybridized carbons (Fsp3) is 0.320. The van der Waals surface area contributed by atoms with Crippen LogP contribution in [0.2, 0.25) is 0 Å². The minimum atomic E-state index is -0.354. The van der Waals surface area contributed by atoms with Crippen molar-refractivity contribution >= 4 is 22.5 Å². The first-order valence-corrected chi connectivity index (χ1v) is 10.8. The van der Waals surface area contributed by atoms with Crippen molar-refractivity contribution in [3.63, 3.8) is 0 Å². The summed E-state index contributed by atoms with van der Waals surface area (Å²) in [5, 5.41) is 12.2. The number of carbonyl (C=O) groups is 1. The van der Waals surface area contributed by atoms with Gasteiger partial charge in [0.25, 0.3) is 5.69 Å². The van der Waals surface area contributed by atoms with Crippen LogP contribution in [0.5, 0.6) is 5.75 Å². The molecule has 2 aromatic carbocycles. The molecule has 1 fully saturated rings. The summed E-state index contributed by atoms with van der Waals surface area (Å²) < 4.78 is 5.50. The molecular weight excluding hydrogens is 406 g/mol. The van der Waals surface area contributed by atoms with Gasteiger partial charge in [-0.1, -0.05) is 18.7 Å². The van der Waals surface area contributed by atoms with Gasteiger partial charge in [-0.05, 0) is 60.6 Å². The van der Waals surface area contributed by atoms with Crippen molar-refractivity contribution in [1.82, 2.24) is 9.88 Å². The second-order valence-corrected chi connectivity index (χ2v) is 8.77. The van der Waals surface area contributed by atoms with Crippen LogP contribution in [0.15, 0.2) is 55.1 Å². The van der Waals surface area contributed by atoms with Crippen molar-refractivity contribution < 1.29 is 14.5 Å². The van der Waals surface area contributed by atoms with Crippen LogP contribution in [0, 0.1) is 16.0 Å². The maximum atomic E-state index is 12.4. The number of aromatic amines is 1. The Bertz CT molecular complexity index is 1250. The molecule has 1 amide bonds. The van der Waals surface area contributed by atoms with Gasteiger partial charge >= 0.3 is 0 Å². The zero-order valence-electron chi connectivity index (χ0n) is 18.0. The lowest BCUT2D eigenvalue weighted by Gasteiger charge is -2.51. The highest BCUT2D eigenvalue weighted by Crippen LogP contribution is 2.49. The van der Waals surface area contributed by atoms with Crippen molar-refractivity contribution in [3.05, 3.63) is 82.1 Å². The molecule has 5 rings (SSSR count). The number of non-ortho nitro benzene ring substituents is 1. The minimum Gasteiger partial charge on any atom is -0.497 e. The highest BCUT2D eigenvalue weighted by atomic mass is 16.6. The second-order valence-electron chi connectivity index (χ2n) is 8.77. The van der Waals surface area contributed by atoms with E-state index in [1.807, 2.05) is 17.0 Å². The largest absolute Gasteiger partial charge is 0.497 e. The first-order valence-electron chi connectivity index (χ1n) is 10.8. The van der Waals surface area contributed by atoms with Crippen LogP contribution < -0.4 is 4.74 Å². The number of piperidine rings is 1. The van der Waals surface area contributed by atoms with Crippen molar-refractivity contribution in [2.75, 3.05) is 20.2 Å². The monoisotopic (exact) mass is 431 g/mol. The summed E-state index contributed by atoms with van der Waals surface area (Å²) >= 11 is 0. The number of rotatable bonds is 4. The van der Waals surface area contributed by atoms with E-state index >= 15 is 0 Å². The van der Waals surface area contributed by atoms with Crippen molar-refractivity contribution in [1.29, 1.82) is 0 Å². The SMILES string of the molecule is C=CC(=O)N1CCC2(c3cccc(OC)c3)Cc3[nH]c4ccc([N+](=O)[O-])cc4c3CC2C1. The normalized spacial score (nSPS) is 22.2. The highest BCUT2D eigenvalue weighted by Gasteiger charge is 2.48. The number of hydrogen-bond donors (Lipinski definition) is 1. The molecule has 0 spiro atoms. The van der Waals surface area contributed by atoms with E-state index in [1.54, 1.807) is 25.3 Å². The Hall–Kier alpha value is -3.61. The molecule has 2 aliphatic rings. The van der Waals surface area contributed by atoms with Gasteiger partial charge in [0.15, 0.2) is 0 Å². The van der Waals surface area contributed by atoms with Crippen LogP contribution in [-0.4, -0.2) is 40.9 Å². The fourth-order valence-corrected chi connectivity index (χ4v) is 5.66. The van der Waals surface area contributed by atoms with Gasteiger partial charge in [-0.25, -0.2) is 0 Å². The van der Waals surface area contributed by atoms with Crippen LogP contribution in [0.1, 0.15) is 23.2 Å². The Morgan fingerprint density at radius 1 is 1.34 bits per heavy atom. The Morgan fingerprint density at radius 2 is 2.19 bits per heavy atom. The first-order chi connectivity index (χ1) is 15.4. The molecular formula is C25H25N3O4. The molecule has 7 nitrogen and oxygen atoms in total. The van der Waals surface area contributed by atoms with Gasteiger partial charge in [-0.3, -0.25) is 14.9 Å². The molecule has 1 aromatic heterocycles. The van der Waals surface area contributed by atoms with Gasteiger partial charge in [-0.15, -0.1) is 0 Å². The Balaban J connectivity index is 1.64. The molecule has 0 bridgehead atoms. The Kier molecular flexibility index (Phi) is 4.77. The van der Waals surface area contributed by atoms with E-state index in [1.165, 1.54) is 11.6 Å². The number of methoxy groups -OCH3 is 1. The number of nitrogens with zero attached hydrogens (tertiary/aromatic N) is 2. The number of aromatic nitrogens is 1. The number of amides is 1. The summed E-state index contributed by atoms with van der Waals surface area (Å²) in [6.07, 6.45) is 3.74. The molecule has 3 aromatic rings. The molecule has 7 heteroatoms. The smallest absolute Gasteiger partial charge is 0.270 e. The minimum absolute atomic E-state index is 0.0513. The number of fused-ring (bicyclic) bond motifs is 4. The third-order valence-corrected chi connectivity index (χ3v) is 7.31. The lowest BCUT2D eigenvalue weighted by molar-refractivity contribution is -0.384. The van der Waals surface area contributed by atoms with E-state index in [2.05, 4.69) is 23.7 Å². The van der Waals surface area contributed by atoms with Crippen LogP contribution in [-0.2, 0) is 23.1 Å². The van der Waals surface area contributed by atoms with Crippen LogP contribution in [0.3, 0.4) is 0 Å². The predicted octanol–water partition coefficient (Wildman–Crippen LogP) is 4.16. The lowest BCUT2D eigenvalue weighted by Crippen LogP contribution is -2.54. The number of nitro groups is 1.